The van der Waals surface area contributed by atoms with Crippen LogP contribution in [0.25, 0.3) is 0 Å². The maximum atomic E-state index is 11.9. The Balaban J connectivity index is 2.63. The van der Waals surface area contributed by atoms with Gasteiger partial charge in [0, 0.05) is 7.05 Å². The van der Waals surface area contributed by atoms with Gasteiger partial charge >= 0.3 is 6.09 Å². The fraction of sp³-hybridized carbons (Fsp3) is 0.643. The summed E-state index contributed by atoms with van der Waals surface area (Å²) in [6.07, 6.45) is 8.10. The number of nitrogens with zero attached hydrogens (tertiary/aromatic N) is 1. The smallest absolute Gasteiger partial charge is 0.410 e. The molecular formula is C14H23NO2. The van der Waals surface area contributed by atoms with Crippen molar-refractivity contribution in [2.75, 3.05) is 7.05 Å². The molecule has 1 aliphatic rings. The van der Waals surface area contributed by atoms with Gasteiger partial charge in [-0.3, -0.25) is 0 Å². The van der Waals surface area contributed by atoms with Gasteiger partial charge in [-0.25, -0.2) is 4.79 Å². The summed E-state index contributed by atoms with van der Waals surface area (Å²) in [6, 6.07) is 0.0924. The van der Waals surface area contributed by atoms with E-state index >= 15 is 0 Å². The minimum atomic E-state index is -0.439. The molecule has 0 saturated carbocycles. The summed E-state index contributed by atoms with van der Waals surface area (Å²) in [5.74, 6) is 0. The summed E-state index contributed by atoms with van der Waals surface area (Å²) in [4.78, 5) is 13.6. The van der Waals surface area contributed by atoms with E-state index in [9.17, 15) is 4.79 Å². The van der Waals surface area contributed by atoms with Gasteiger partial charge in [-0.2, -0.15) is 0 Å². The third kappa shape index (κ3) is 4.25. The Bertz CT molecular complexity index is 337. The summed E-state index contributed by atoms with van der Waals surface area (Å²) in [5, 5.41) is 0. The molecule has 3 nitrogen and oxygen atoms in total. The lowest BCUT2D eigenvalue weighted by molar-refractivity contribution is 0.0257. The van der Waals surface area contributed by atoms with E-state index in [0.29, 0.717) is 0 Å². The quantitative estimate of drug-likeness (QED) is 0.735. The van der Waals surface area contributed by atoms with Crippen molar-refractivity contribution in [2.45, 2.75) is 52.2 Å². The molecule has 0 aromatic carbocycles. The van der Waals surface area contributed by atoms with Crippen molar-refractivity contribution in [3.8, 4) is 0 Å². The molecule has 0 bridgehead atoms. The van der Waals surface area contributed by atoms with E-state index in [2.05, 4.69) is 18.2 Å². The average Bonchev–Trinajstić information content (AvgIpc) is 2.26. The van der Waals surface area contributed by atoms with Crippen LogP contribution in [0.1, 0.15) is 40.5 Å². The minimum Gasteiger partial charge on any atom is -0.444 e. The lowest BCUT2D eigenvalue weighted by Crippen LogP contribution is -2.40. The van der Waals surface area contributed by atoms with E-state index in [4.69, 9.17) is 4.74 Å². The predicted molar refractivity (Wildman–Crippen MR) is 69.9 cm³/mol. The van der Waals surface area contributed by atoms with Crippen molar-refractivity contribution in [1.82, 2.24) is 4.90 Å². The van der Waals surface area contributed by atoms with E-state index in [1.807, 2.05) is 27.7 Å². The largest absolute Gasteiger partial charge is 0.444 e. The van der Waals surface area contributed by atoms with Crippen LogP contribution in [0, 0.1) is 0 Å². The highest BCUT2D eigenvalue weighted by atomic mass is 16.6. The first-order valence-electron chi connectivity index (χ1n) is 6.12. The third-order valence-electron chi connectivity index (χ3n) is 2.85. The van der Waals surface area contributed by atoms with Crippen LogP contribution in [0.3, 0.4) is 0 Å². The minimum absolute atomic E-state index is 0.0924. The molecule has 0 spiro atoms. The number of allylic oxidation sites excluding steroid dienone is 3. The molecule has 1 rings (SSSR count). The SMILES string of the molecule is CC(C1=CC=CCC1)N(C)C(=O)OC(C)(C)C. The third-order valence-corrected chi connectivity index (χ3v) is 2.85. The van der Waals surface area contributed by atoms with E-state index in [1.54, 1.807) is 11.9 Å². The second kappa shape index (κ2) is 5.39. The number of likely N-dealkylation sites (N-methyl/N-ethyl adjacent to an activating group) is 1. The second-order valence-corrected chi connectivity index (χ2v) is 5.48. The fourth-order valence-electron chi connectivity index (χ4n) is 1.71. The van der Waals surface area contributed by atoms with Gasteiger partial charge < -0.3 is 9.64 Å². The monoisotopic (exact) mass is 237 g/mol. The Morgan fingerprint density at radius 3 is 2.59 bits per heavy atom. The topological polar surface area (TPSA) is 29.5 Å². The Kier molecular flexibility index (Phi) is 4.38. The first-order chi connectivity index (χ1) is 7.81. The van der Waals surface area contributed by atoms with Crippen LogP contribution in [0.15, 0.2) is 23.8 Å². The highest BCUT2D eigenvalue weighted by Crippen LogP contribution is 2.20. The van der Waals surface area contributed by atoms with Crippen LogP contribution >= 0.6 is 0 Å². The van der Waals surface area contributed by atoms with Crippen LogP contribution in [-0.2, 0) is 4.74 Å². The number of rotatable bonds is 2. The van der Waals surface area contributed by atoms with Crippen molar-refractivity contribution in [2.24, 2.45) is 0 Å². The van der Waals surface area contributed by atoms with Crippen molar-refractivity contribution in [3.05, 3.63) is 23.8 Å². The van der Waals surface area contributed by atoms with Crippen LogP contribution < -0.4 is 0 Å². The van der Waals surface area contributed by atoms with Gasteiger partial charge in [0.05, 0.1) is 6.04 Å². The molecule has 0 aliphatic heterocycles. The molecule has 0 saturated heterocycles. The first kappa shape index (κ1) is 13.8. The molecule has 0 N–H and O–H groups in total. The van der Waals surface area contributed by atoms with Crippen LogP contribution in [0.5, 0.6) is 0 Å². The second-order valence-electron chi connectivity index (χ2n) is 5.48. The van der Waals surface area contributed by atoms with Gasteiger partial charge in [-0.15, -0.1) is 0 Å². The number of amides is 1. The van der Waals surface area contributed by atoms with Crippen molar-refractivity contribution < 1.29 is 9.53 Å². The zero-order chi connectivity index (χ0) is 13.1. The normalized spacial score (nSPS) is 17.4. The Morgan fingerprint density at radius 1 is 1.47 bits per heavy atom. The van der Waals surface area contributed by atoms with Gasteiger partial charge in [-0.05, 0) is 46.1 Å². The summed E-state index contributed by atoms with van der Waals surface area (Å²) in [5.41, 5.74) is 0.840. The molecule has 0 aromatic heterocycles. The number of hydrogen-bond donors (Lipinski definition) is 0. The van der Waals surface area contributed by atoms with E-state index < -0.39 is 5.60 Å². The highest BCUT2D eigenvalue weighted by Gasteiger charge is 2.24. The molecule has 1 unspecified atom stereocenters. The van der Waals surface area contributed by atoms with E-state index in [0.717, 1.165) is 12.8 Å². The predicted octanol–water partition coefficient (Wildman–Crippen LogP) is 3.52. The zero-order valence-corrected chi connectivity index (χ0v) is 11.5. The average molecular weight is 237 g/mol. The van der Waals surface area contributed by atoms with Crippen LogP contribution in [0.4, 0.5) is 4.79 Å². The first-order valence-corrected chi connectivity index (χ1v) is 6.12. The fourth-order valence-corrected chi connectivity index (χ4v) is 1.71. The summed E-state index contributed by atoms with van der Waals surface area (Å²) in [7, 11) is 1.79. The number of ether oxygens (including phenoxy) is 1. The summed E-state index contributed by atoms with van der Waals surface area (Å²) in [6.45, 7) is 7.68. The van der Waals surface area contributed by atoms with E-state index in [1.165, 1.54) is 5.57 Å². The molecule has 1 atom stereocenters. The lowest BCUT2D eigenvalue weighted by atomic mass is 9.98. The zero-order valence-electron chi connectivity index (χ0n) is 11.5. The maximum absolute atomic E-state index is 11.9. The van der Waals surface area contributed by atoms with Gasteiger partial charge in [0.1, 0.15) is 5.60 Å². The van der Waals surface area contributed by atoms with Crippen molar-refractivity contribution >= 4 is 6.09 Å². The molecule has 96 valence electrons. The molecule has 3 heteroatoms. The molecule has 1 aliphatic carbocycles. The van der Waals surface area contributed by atoms with Crippen molar-refractivity contribution in [3.63, 3.8) is 0 Å². The standard InChI is InChI=1S/C14H23NO2/c1-11(12-9-7-6-8-10-12)15(5)13(16)17-14(2,3)4/h6-7,9,11H,8,10H2,1-5H3. The molecule has 0 radical (unpaired) electrons. The van der Waals surface area contributed by atoms with Gasteiger partial charge in [0.2, 0.25) is 0 Å². The van der Waals surface area contributed by atoms with Gasteiger partial charge in [-0.1, -0.05) is 18.2 Å². The van der Waals surface area contributed by atoms with Crippen LogP contribution in [0.2, 0.25) is 0 Å². The van der Waals surface area contributed by atoms with E-state index in [-0.39, 0.29) is 12.1 Å². The number of carbonyl (C=O) groups excluding carboxylic acids is 1. The Labute approximate surface area is 104 Å². The Hall–Kier alpha value is -1.25. The lowest BCUT2D eigenvalue weighted by Gasteiger charge is -2.30. The number of carbonyl (C=O) groups is 1. The molecule has 0 heterocycles. The van der Waals surface area contributed by atoms with Gasteiger partial charge in [0.25, 0.3) is 0 Å². The summed E-state index contributed by atoms with van der Waals surface area (Å²) < 4.78 is 5.35. The number of hydrogen-bond acceptors (Lipinski definition) is 2. The maximum Gasteiger partial charge on any atom is 0.410 e. The molecule has 17 heavy (non-hydrogen) atoms. The molecule has 0 aromatic rings. The molecule has 0 fully saturated rings. The Morgan fingerprint density at radius 2 is 2.12 bits per heavy atom. The van der Waals surface area contributed by atoms with Gasteiger partial charge in [0.15, 0.2) is 0 Å². The highest BCUT2D eigenvalue weighted by molar-refractivity contribution is 5.68. The molecular weight excluding hydrogens is 214 g/mol. The van der Waals surface area contributed by atoms with Crippen molar-refractivity contribution in [1.29, 1.82) is 0 Å². The molecule has 1 amide bonds. The van der Waals surface area contributed by atoms with Crippen LogP contribution in [-0.4, -0.2) is 29.7 Å². The summed E-state index contributed by atoms with van der Waals surface area (Å²) >= 11 is 0.